The molecule has 1 aromatic carbocycles. The first-order valence-corrected chi connectivity index (χ1v) is 17.2. The highest BCUT2D eigenvalue weighted by molar-refractivity contribution is 8.00. The Kier molecular flexibility index (Phi) is 12.2. The SMILES string of the molecule is COC(=Cc1ccc(OS(=O)(=O)O)c(OS(=O)(=O)O)c1)C(=O)OCC1=C(C(=O)O)N2C(=O)C(NC(=O)CCCC(N)C(=O)O)(OC)C2SC1. The number of amides is 2. The van der Waals surface area contributed by atoms with Crippen LogP contribution in [0.2, 0.25) is 0 Å². The first kappa shape index (κ1) is 39.0. The number of aliphatic carboxylic acids is 2. The molecule has 270 valence electrons. The molecule has 1 aromatic rings. The molecule has 49 heavy (non-hydrogen) atoms. The fourth-order valence-electron chi connectivity index (χ4n) is 4.48. The maximum Gasteiger partial charge on any atom is 0.446 e. The van der Waals surface area contributed by atoms with Gasteiger partial charge >= 0.3 is 38.7 Å². The lowest BCUT2D eigenvalue weighted by Gasteiger charge is -2.55. The molecule has 7 N–H and O–H groups in total. The van der Waals surface area contributed by atoms with Crippen molar-refractivity contribution in [3.63, 3.8) is 0 Å². The third-order valence-electron chi connectivity index (χ3n) is 6.65. The summed E-state index contributed by atoms with van der Waals surface area (Å²) in [5, 5.41) is 20.2. The summed E-state index contributed by atoms with van der Waals surface area (Å²) >= 11 is 0.985. The van der Waals surface area contributed by atoms with Crippen LogP contribution >= 0.6 is 11.8 Å². The van der Waals surface area contributed by atoms with Crippen molar-refractivity contribution in [2.75, 3.05) is 26.6 Å². The smallest absolute Gasteiger partial charge is 0.446 e. The van der Waals surface area contributed by atoms with E-state index in [0.29, 0.717) is 0 Å². The van der Waals surface area contributed by atoms with Crippen LogP contribution < -0.4 is 19.4 Å². The number of fused-ring (bicyclic) bond motifs is 1. The summed E-state index contributed by atoms with van der Waals surface area (Å²) in [5.41, 5.74) is 2.81. The number of rotatable bonds is 17. The highest BCUT2D eigenvalue weighted by Gasteiger charge is 2.66. The molecular weight excluding hydrogens is 726 g/mol. The van der Waals surface area contributed by atoms with Gasteiger partial charge in [-0.05, 0) is 36.6 Å². The summed E-state index contributed by atoms with van der Waals surface area (Å²) in [6, 6.07) is 1.46. The minimum Gasteiger partial charge on any atom is -0.490 e. The molecule has 3 unspecified atom stereocenters. The molecule has 0 bridgehead atoms. The normalized spacial score (nSPS) is 20.0. The number of benzene rings is 1. The molecule has 3 atom stereocenters. The second-order valence-electron chi connectivity index (χ2n) is 9.94. The molecule has 2 aliphatic heterocycles. The van der Waals surface area contributed by atoms with E-state index in [1.807, 2.05) is 0 Å². The van der Waals surface area contributed by atoms with Crippen molar-refractivity contribution >= 4 is 68.4 Å². The number of carbonyl (C=O) groups is 5. The molecule has 0 saturated carbocycles. The molecule has 2 aliphatic rings. The number of nitrogens with one attached hydrogen (secondary N) is 1. The summed E-state index contributed by atoms with van der Waals surface area (Å²) in [6.07, 6.45) is 0.817. The largest absolute Gasteiger partial charge is 0.490 e. The third-order valence-corrected chi connectivity index (χ3v) is 8.80. The number of carboxylic acids is 2. The molecule has 1 fully saturated rings. The number of carboxylic acid groups (broad SMARTS) is 2. The van der Waals surface area contributed by atoms with Gasteiger partial charge < -0.3 is 43.8 Å². The number of hydrogen-bond acceptors (Lipinski definition) is 16. The van der Waals surface area contributed by atoms with E-state index in [1.165, 1.54) is 0 Å². The van der Waals surface area contributed by atoms with Crippen LogP contribution in [0.1, 0.15) is 24.8 Å². The Morgan fingerprint density at radius 3 is 2.29 bits per heavy atom. The van der Waals surface area contributed by atoms with Crippen LogP contribution in [0.5, 0.6) is 11.5 Å². The van der Waals surface area contributed by atoms with E-state index < -0.39 is 97.2 Å². The zero-order valence-electron chi connectivity index (χ0n) is 25.3. The van der Waals surface area contributed by atoms with Gasteiger partial charge in [-0.25, -0.2) is 9.59 Å². The molecule has 1 saturated heterocycles. The average molecular weight is 756 g/mol. The number of thioether (sulfide) groups is 1. The maximum absolute atomic E-state index is 13.2. The Morgan fingerprint density at radius 2 is 1.73 bits per heavy atom. The summed E-state index contributed by atoms with van der Waals surface area (Å²) in [6.45, 7) is -0.668. The summed E-state index contributed by atoms with van der Waals surface area (Å²) in [5.74, 6) is -8.06. The van der Waals surface area contributed by atoms with E-state index >= 15 is 0 Å². The van der Waals surface area contributed by atoms with E-state index in [2.05, 4.69) is 13.7 Å². The Labute approximate surface area is 281 Å². The van der Waals surface area contributed by atoms with Gasteiger partial charge in [-0.3, -0.25) is 28.4 Å². The van der Waals surface area contributed by atoms with Crippen LogP contribution in [0, 0.1) is 0 Å². The Hall–Kier alpha value is -4.46. The van der Waals surface area contributed by atoms with Crippen molar-refractivity contribution in [2.45, 2.75) is 36.4 Å². The fraction of sp³-hybridized carbons (Fsp3) is 0.400. The van der Waals surface area contributed by atoms with Gasteiger partial charge in [0, 0.05) is 24.9 Å². The van der Waals surface area contributed by atoms with Gasteiger partial charge in [-0.2, -0.15) is 16.8 Å². The van der Waals surface area contributed by atoms with Crippen molar-refractivity contribution in [2.24, 2.45) is 5.73 Å². The summed E-state index contributed by atoms with van der Waals surface area (Å²) in [4.78, 5) is 62.6. The van der Waals surface area contributed by atoms with Gasteiger partial charge in [0.15, 0.2) is 11.5 Å². The van der Waals surface area contributed by atoms with Gasteiger partial charge in [0.05, 0.1) is 7.11 Å². The van der Waals surface area contributed by atoms with E-state index in [9.17, 15) is 45.9 Å². The number of esters is 1. The first-order valence-electron chi connectivity index (χ1n) is 13.4. The van der Waals surface area contributed by atoms with Crippen LogP contribution in [-0.2, 0) is 59.0 Å². The van der Waals surface area contributed by atoms with Crippen molar-refractivity contribution < 1.29 is 82.7 Å². The van der Waals surface area contributed by atoms with Crippen LogP contribution in [0.4, 0.5) is 0 Å². The summed E-state index contributed by atoms with van der Waals surface area (Å²) < 4.78 is 86.4. The lowest BCUT2D eigenvalue weighted by atomic mass is 9.97. The lowest BCUT2D eigenvalue weighted by Crippen LogP contribution is -2.80. The monoisotopic (exact) mass is 755 g/mol. The zero-order valence-corrected chi connectivity index (χ0v) is 27.7. The van der Waals surface area contributed by atoms with Crippen LogP contribution in [0.3, 0.4) is 0 Å². The van der Waals surface area contributed by atoms with Gasteiger partial charge in [0.2, 0.25) is 11.7 Å². The minimum absolute atomic E-state index is 0.0171. The molecule has 0 spiro atoms. The van der Waals surface area contributed by atoms with E-state index in [-0.39, 0.29) is 36.2 Å². The third kappa shape index (κ3) is 9.58. The molecular formula is C25H29N3O18S3. The van der Waals surface area contributed by atoms with Crippen LogP contribution in [0.25, 0.3) is 6.08 Å². The van der Waals surface area contributed by atoms with Crippen molar-refractivity contribution in [1.29, 1.82) is 0 Å². The van der Waals surface area contributed by atoms with Gasteiger partial charge in [-0.15, -0.1) is 11.8 Å². The predicted octanol–water partition coefficient (Wildman–Crippen LogP) is -1.12. The molecule has 21 nitrogen and oxygen atoms in total. The molecule has 0 radical (unpaired) electrons. The van der Waals surface area contributed by atoms with Crippen molar-refractivity contribution in [1.82, 2.24) is 10.2 Å². The Balaban J connectivity index is 1.78. The van der Waals surface area contributed by atoms with Gasteiger partial charge in [-0.1, -0.05) is 6.07 Å². The van der Waals surface area contributed by atoms with Crippen molar-refractivity contribution in [3.8, 4) is 11.5 Å². The van der Waals surface area contributed by atoms with E-state index in [4.69, 9.17) is 34.2 Å². The molecule has 0 aliphatic carbocycles. The molecule has 24 heteroatoms. The predicted molar refractivity (Wildman–Crippen MR) is 162 cm³/mol. The highest BCUT2D eigenvalue weighted by atomic mass is 32.3. The summed E-state index contributed by atoms with van der Waals surface area (Å²) in [7, 11) is -8.21. The maximum atomic E-state index is 13.2. The van der Waals surface area contributed by atoms with Crippen LogP contribution in [-0.4, -0.2) is 114 Å². The van der Waals surface area contributed by atoms with E-state index in [1.54, 1.807) is 0 Å². The van der Waals surface area contributed by atoms with Gasteiger partial charge in [0.1, 0.15) is 23.7 Å². The number of nitrogens with two attached hydrogens (primary N) is 1. The fourth-order valence-corrected chi connectivity index (χ4v) is 6.62. The number of nitrogens with zero attached hydrogens (tertiary/aromatic N) is 1. The quantitative estimate of drug-likeness (QED) is 0.0274. The second-order valence-corrected chi connectivity index (χ2v) is 13.1. The Morgan fingerprint density at radius 1 is 1.10 bits per heavy atom. The number of ether oxygens (including phenoxy) is 3. The second kappa shape index (κ2) is 15.4. The number of hydrogen-bond donors (Lipinski definition) is 6. The van der Waals surface area contributed by atoms with E-state index in [0.717, 1.165) is 55.2 Å². The molecule has 3 rings (SSSR count). The highest BCUT2D eigenvalue weighted by Crippen LogP contribution is 2.46. The zero-order chi connectivity index (χ0) is 36.9. The van der Waals surface area contributed by atoms with Crippen LogP contribution in [0.15, 0.2) is 35.2 Å². The molecule has 0 aromatic heterocycles. The standard InChI is InChI=1S/C25H29N3O18S3/c1-42-17(9-12-6-7-15(45-48(36,37)38)16(8-12)46-49(39,40)41)22(34)44-10-13-11-47-24-25(43-2,23(35)28(24)19(13)21(32)33)27-18(29)5-3-4-14(26)20(30)31/h6-9,14,24H,3-5,10-11,26H2,1-2H3,(H,27,29)(H,30,31)(H,32,33)(H,36,37,38)(H,39,40,41). The molecule has 2 heterocycles. The number of carbonyl (C=O) groups excluding carboxylic acids is 3. The van der Waals surface area contributed by atoms with Crippen molar-refractivity contribution in [3.05, 3.63) is 40.8 Å². The number of methoxy groups -OCH3 is 2. The lowest BCUT2D eigenvalue weighted by molar-refractivity contribution is -0.192. The topological polar surface area (TPSA) is 322 Å². The minimum atomic E-state index is -5.22. The van der Waals surface area contributed by atoms with Gasteiger partial charge in [0.25, 0.3) is 11.6 Å². The average Bonchev–Trinajstić information content (AvgIpc) is 3.00. The Bertz CT molecular complexity index is 1810. The number of β-lactam (4-membered cyclic amide) rings is 1. The first-order chi connectivity index (χ1) is 22.7. The molecule has 2 amide bonds.